The monoisotopic (exact) mass is 177 g/mol. The molecular formula is C8H11N5. The van der Waals surface area contributed by atoms with E-state index >= 15 is 0 Å². The van der Waals surface area contributed by atoms with Crippen LogP contribution in [0.1, 0.15) is 5.69 Å². The van der Waals surface area contributed by atoms with Gasteiger partial charge in [0.25, 0.3) is 0 Å². The van der Waals surface area contributed by atoms with Gasteiger partial charge in [0.05, 0.1) is 18.8 Å². The Morgan fingerprint density at radius 3 is 3.08 bits per heavy atom. The van der Waals surface area contributed by atoms with E-state index in [4.69, 9.17) is 5.73 Å². The molecule has 0 amide bonds. The first-order valence-corrected chi connectivity index (χ1v) is 4.17. The summed E-state index contributed by atoms with van der Waals surface area (Å²) in [5.74, 6) is 0.795. The van der Waals surface area contributed by atoms with Crippen LogP contribution in [0.2, 0.25) is 0 Å². The summed E-state index contributed by atoms with van der Waals surface area (Å²) < 4.78 is 0. The molecule has 5 nitrogen and oxygen atoms in total. The van der Waals surface area contributed by atoms with Gasteiger partial charge in [-0.1, -0.05) is 0 Å². The quantitative estimate of drug-likeness (QED) is 0.617. The van der Waals surface area contributed by atoms with Crippen molar-refractivity contribution in [1.82, 2.24) is 15.3 Å². The number of nitrogens with one attached hydrogen (secondary N) is 1. The van der Waals surface area contributed by atoms with Gasteiger partial charge in [-0.2, -0.15) is 0 Å². The SMILES string of the molecule is NCC1CN=C(c2cnccn2)N1. The lowest BCUT2D eigenvalue weighted by atomic mass is 10.3. The van der Waals surface area contributed by atoms with Crippen LogP contribution in [0, 0.1) is 0 Å². The molecule has 68 valence electrons. The predicted octanol–water partition coefficient (Wildman–Crippen LogP) is -0.846. The van der Waals surface area contributed by atoms with E-state index in [1.54, 1.807) is 18.6 Å². The van der Waals surface area contributed by atoms with Crippen molar-refractivity contribution in [3.63, 3.8) is 0 Å². The van der Waals surface area contributed by atoms with Gasteiger partial charge < -0.3 is 11.1 Å². The number of amidine groups is 1. The Kier molecular flexibility index (Phi) is 2.18. The zero-order chi connectivity index (χ0) is 9.10. The molecule has 5 heteroatoms. The molecule has 0 fully saturated rings. The van der Waals surface area contributed by atoms with Crippen molar-refractivity contribution in [1.29, 1.82) is 0 Å². The maximum Gasteiger partial charge on any atom is 0.149 e. The number of hydrogen-bond donors (Lipinski definition) is 2. The second-order valence-electron chi connectivity index (χ2n) is 2.86. The van der Waals surface area contributed by atoms with Crippen LogP contribution in [0.3, 0.4) is 0 Å². The summed E-state index contributed by atoms with van der Waals surface area (Å²) in [6.07, 6.45) is 4.97. The number of nitrogens with two attached hydrogens (primary N) is 1. The molecular weight excluding hydrogens is 166 g/mol. The van der Waals surface area contributed by atoms with Gasteiger partial charge in [-0.05, 0) is 0 Å². The Morgan fingerprint density at radius 1 is 1.54 bits per heavy atom. The molecule has 1 atom stereocenters. The number of aromatic nitrogens is 2. The first kappa shape index (κ1) is 8.12. The zero-order valence-corrected chi connectivity index (χ0v) is 7.14. The lowest BCUT2D eigenvalue weighted by molar-refractivity contribution is 0.667. The highest BCUT2D eigenvalue weighted by Gasteiger charge is 2.17. The molecule has 0 radical (unpaired) electrons. The fourth-order valence-corrected chi connectivity index (χ4v) is 1.20. The summed E-state index contributed by atoms with van der Waals surface area (Å²) in [6, 6.07) is 0.247. The number of nitrogens with zero attached hydrogens (tertiary/aromatic N) is 3. The molecule has 1 aromatic heterocycles. The molecule has 13 heavy (non-hydrogen) atoms. The van der Waals surface area contributed by atoms with Crippen molar-refractivity contribution >= 4 is 5.84 Å². The number of aliphatic imine (C=N–C) groups is 1. The molecule has 1 unspecified atom stereocenters. The standard InChI is InChI=1S/C8H11N5/c9-3-6-4-12-8(13-6)7-5-10-1-2-11-7/h1-2,5-6H,3-4,9H2,(H,12,13). The van der Waals surface area contributed by atoms with Crippen molar-refractivity contribution in [2.45, 2.75) is 6.04 Å². The summed E-state index contributed by atoms with van der Waals surface area (Å²) in [5.41, 5.74) is 6.28. The highest BCUT2D eigenvalue weighted by atomic mass is 15.1. The maximum atomic E-state index is 5.50. The lowest BCUT2D eigenvalue weighted by Gasteiger charge is -2.07. The van der Waals surface area contributed by atoms with Crippen molar-refractivity contribution in [2.75, 3.05) is 13.1 Å². The van der Waals surface area contributed by atoms with Gasteiger partial charge in [0.15, 0.2) is 0 Å². The number of rotatable bonds is 2. The van der Waals surface area contributed by atoms with Crippen LogP contribution >= 0.6 is 0 Å². The van der Waals surface area contributed by atoms with Crippen LogP contribution in [-0.4, -0.2) is 34.9 Å². The first-order valence-electron chi connectivity index (χ1n) is 4.17. The third kappa shape index (κ3) is 1.65. The molecule has 1 aromatic rings. The molecule has 2 rings (SSSR count). The molecule has 1 aliphatic rings. The molecule has 0 saturated carbocycles. The maximum absolute atomic E-state index is 5.50. The average Bonchev–Trinajstić information content (AvgIpc) is 2.67. The Bertz CT molecular complexity index is 308. The van der Waals surface area contributed by atoms with Crippen molar-refractivity contribution in [3.05, 3.63) is 24.3 Å². The Balaban J connectivity index is 2.12. The Hall–Kier alpha value is -1.49. The summed E-state index contributed by atoms with van der Waals surface area (Å²) in [4.78, 5) is 12.4. The highest BCUT2D eigenvalue weighted by molar-refractivity contribution is 5.98. The van der Waals surface area contributed by atoms with E-state index in [2.05, 4.69) is 20.3 Å². The van der Waals surface area contributed by atoms with E-state index in [0.717, 1.165) is 18.1 Å². The van der Waals surface area contributed by atoms with Gasteiger partial charge in [-0.25, -0.2) is 4.98 Å². The van der Waals surface area contributed by atoms with Gasteiger partial charge >= 0.3 is 0 Å². The second-order valence-corrected chi connectivity index (χ2v) is 2.86. The van der Waals surface area contributed by atoms with Gasteiger partial charge in [-0.15, -0.1) is 0 Å². The largest absolute Gasteiger partial charge is 0.363 e. The van der Waals surface area contributed by atoms with Crippen LogP contribution in [0.25, 0.3) is 0 Å². The first-order chi connectivity index (χ1) is 6.40. The van der Waals surface area contributed by atoms with Crippen LogP contribution < -0.4 is 11.1 Å². The van der Waals surface area contributed by atoms with E-state index in [-0.39, 0.29) is 6.04 Å². The Labute approximate surface area is 76.1 Å². The molecule has 0 saturated heterocycles. The minimum Gasteiger partial charge on any atom is -0.363 e. The van der Waals surface area contributed by atoms with Crippen LogP contribution in [0.15, 0.2) is 23.6 Å². The highest BCUT2D eigenvalue weighted by Crippen LogP contribution is 2.00. The van der Waals surface area contributed by atoms with Crippen molar-refractivity contribution < 1.29 is 0 Å². The lowest BCUT2D eigenvalue weighted by Crippen LogP contribution is -2.37. The molecule has 1 aliphatic heterocycles. The van der Waals surface area contributed by atoms with Gasteiger partial charge in [0, 0.05) is 18.9 Å². The second kappa shape index (κ2) is 3.49. The molecule has 0 spiro atoms. The van der Waals surface area contributed by atoms with E-state index in [9.17, 15) is 0 Å². The Morgan fingerprint density at radius 2 is 2.46 bits per heavy atom. The van der Waals surface area contributed by atoms with Crippen LogP contribution in [-0.2, 0) is 0 Å². The zero-order valence-electron chi connectivity index (χ0n) is 7.14. The summed E-state index contributed by atoms with van der Waals surface area (Å²) in [6.45, 7) is 1.32. The average molecular weight is 177 g/mol. The van der Waals surface area contributed by atoms with E-state index < -0.39 is 0 Å². The molecule has 2 heterocycles. The fourth-order valence-electron chi connectivity index (χ4n) is 1.20. The molecule has 0 aliphatic carbocycles. The third-order valence-corrected chi connectivity index (χ3v) is 1.90. The smallest absolute Gasteiger partial charge is 0.149 e. The topological polar surface area (TPSA) is 76.2 Å². The van der Waals surface area contributed by atoms with Crippen molar-refractivity contribution in [2.24, 2.45) is 10.7 Å². The van der Waals surface area contributed by atoms with Gasteiger partial charge in [0.2, 0.25) is 0 Å². The third-order valence-electron chi connectivity index (χ3n) is 1.90. The van der Waals surface area contributed by atoms with Gasteiger partial charge in [-0.3, -0.25) is 9.98 Å². The molecule has 3 N–H and O–H groups in total. The molecule has 0 bridgehead atoms. The minimum absolute atomic E-state index is 0.247. The van der Waals surface area contributed by atoms with E-state index in [1.807, 2.05) is 0 Å². The number of hydrogen-bond acceptors (Lipinski definition) is 5. The summed E-state index contributed by atoms with van der Waals surface area (Å²) in [5, 5.41) is 3.18. The van der Waals surface area contributed by atoms with Crippen LogP contribution in [0.4, 0.5) is 0 Å². The normalized spacial score (nSPS) is 21.0. The fraction of sp³-hybridized carbons (Fsp3) is 0.375. The van der Waals surface area contributed by atoms with Gasteiger partial charge in [0.1, 0.15) is 11.5 Å². The molecule has 0 aromatic carbocycles. The van der Waals surface area contributed by atoms with E-state index in [1.165, 1.54) is 0 Å². The summed E-state index contributed by atoms with van der Waals surface area (Å²) >= 11 is 0. The van der Waals surface area contributed by atoms with Crippen LogP contribution in [0.5, 0.6) is 0 Å². The summed E-state index contributed by atoms with van der Waals surface area (Å²) in [7, 11) is 0. The minimum atomic E-state index is 0.247. The predicted molar refractivity (Wildman–Crippen MR) is 49.4 cm³/mol. The van der Waals surface area contributed by atoms with Crippen molar-refractivity contribution in [3.8, 4) is 0 Å². The van der Waals surface area contributed by atoms with E-state index in [0.29, 0.717) is 6.54 Å².